The third-order valence-corrected chi connectivity index (χ3v) is 4.49. The molecule has 1 N–H and O–H groups in total. The Balaban J connectivity index is 1.97. The van der Waals surface area contributed by atoms with Crippen LogP contribution >= 0.6 is 11.6 Å². The zero-order valence-electron chi connectivity index (χ0n) is 15.1. The molecule has 150 valence electrons. The number of hydrazone groups is 1. The molecule has 1 amide bonds. The summed E-state index contributed by atoms with van der Waals surface area (Å²) in [6.45, 7) is 2.11. The molecule has 3 aromatic rings. The van der Waals surface area contributed by atoms with Crippen molar-refractivity contribution in [3.8, 4) is 0 Å². The Bertz CT molecular complexity index is 1150. The normalized spacial score (nSPS) is 11.9. The Morgan fingerprint density at radius 3 is 2.52 bits per heavy atom. The van der Waals surface area contributed by atoms with E-state index in [9.17, 15) is 22.8 Å². The highest BCUT2D eigenvalue weighted by atomic mass is 35.5. The molecule has 9 heteroatoms. The average Bonchev–Trinajstić information content (AvgIpc) is 2.69. The van der Waals surface area contributed by atoms with Gasteiger partial charge in [-0.1, -0.05) is 23.7 Å². The van der Waals surface area contributed by atoms with Crippen molar-refractivity contribution in [2.24, 2.45) is 5.10 Å². The summed E-state index contributed by atoms with van der Waals surface area (Å²) in [6, 6.07) is 9.54. The van der Waals surface area contributed by atoms with Gasteiger partial charge in [0.1, 0.15) is 5.56 Å². The van der Waals surface area contributed by atoms with Gasteiger partial charge in [-0.15, -0.1) is 0 Å². The molecule has 3 rings (SSSR count). The Morgan fingerprint density at radius 1 is 1.21 bits per heavy atom. The molecule has 0 saturated carbocycles. The first kappa shape index (κ1) is 20.6. The number of fused-ring (bicyclic) bond motifs is 1. The lowest BCUT2D eigenvalue weighted by Crippen LogP contribution is -2.27. The number of rotatable bonds is 4. The van der Waals surface area contributed by atoms with Crippen LogP contribution in [-0.2, 0) is 12.7 Å². The summed E-state index contributed by atoms with van der Waals surface area (Å²) in [7, 11) is 0. The van der Waals surface area contributed by atoms with Gasteiger partial charge in [-0.05, 0) is 42.8 Å². The second-order valence-electron chi connectivity index (χ2n) is 6.14. The summed E-state index contributed by atoms with van der Waals surface area (Å²) in [6.07, 6.45) is -1.93. The highest BCUT2D eigenvalue weighted by Crippen LogP contribution is 2.30. The van der Waals surface area contributed by atoms with Crippen LogP contribution in [0, 0.1) is 0 Å². The minimum Gasteiger partial charge on any atom is -0.347 e. The fraction of sp³-hybridized carbons (Fsp3) is 0.150. The molecule has 0 bridgehead atoms. The number of halogens is 4. The van der Waals surface area contributed by atoms with Gasteiger partial charge in [0, 0.05) is 23.2 Å². The van der Waals surface area contributed by atoms with Crippen LogP contribution in [-0.4, -0.2) is 16.7 Å². The zero-order chi connectivity index (χ0) is 21.2. The van der Waals surface area contributed by atoms with Gasteiger partial charge in [0.2, 0.25) is 5.43 Å². The van der Waals surface area contributed by atoms with Crippen molar-refractivity contribution in [2.75, 3.05) is 0 Å². The van der Waals surface area contributed by atoms with Gasteiger partial charge in [0.05, 0.1) is 17.3 Å². The van der Waals surface area contributed by atoms with Crippen LogP contribution in [0.3, 0.4) is 0 Å². The number of aryl methyl sites for hydroxylation is 1. The maximum atomic E-state index is 13.0. The van der Waals surface area contributed by atoms with Crippen LogP contribution in [0.5, 0.6) is 0 Å². The van der Waals surface area contributed by atoms with E-state index < -0.39 is 23.1 Å². The fourth-order valence-corrected chi connectivity index (χ4v) is 2.90. The molecule has 0 spiro atoms. The van der Waals surface area contributed by atoms with Crippen molar-refractivity contribution in [1.29, 1.82) is 0 Å². The van der Waals surface area contributed by atoms with E-state index in [0.29, 0.717) is 22.6 Å². The number of carbonyl (C=O) groups is 1. The van der Waals surface area contributed by atoms with E-state index in [1.54, 1.807) is 31.2 Å². The summed E-state index contributed by atoms with van der Waals surface area (Å²) in [5.41, 5.74) is 1.15. The molecule has 0 saturated heterocycles. The largest absolute Gasteiger partial charge is 0.416 e. The summed E-state index contributed by atoms with van der Waals surface area (Å²) < 4.78 is 40.6. The van der Waals surface area contributed by atoms with Crippen molar-refractivity contribution >= 4 is 34.6 Å². The van der Waals surface area contributed by atoms with Crippen molar-refractivity contribution in [1.82, 2.24) is 9.99 Å². The second-order valence-corrected chi connectivity index (χ2v) is 6.57. The monoisotopic (exact) mass is 421 g/mol. The summed E-state index contributed by atoms with van der Waals surface area (Å²) in [5.74, 6) is -0.818. The van der Waals surface area contributed by atoms with Gasteiger partial charge in [-0.3, -0.25) is 9.59 Å². The van der Waals surface area contributed by atoms with E-state index in [4.69, 9.17) is 11.6 Å². The second kappa shape index (κ2) is 8.08. The lowest BCUT2D eigenvalue weighted by Gasteiger charge is -2.13. The lowest BCUT2D eigenvalue weighted by atomic mass is 10.1. The number of nitrogens with one attached hydrogen (secondary N) is 1. The number of carbonyl (C=O) groups excluding carboxylic acids is 1. The zero-order valence-corrected chi connectivity index (χ0v) is 15.9. The average molecular weight is 422 g/mol. The SMILES string of the molecule is CCn1cc(C(=O)NN=Cc2ccc(Cl)cc2)c(=O)c2cc(C(F)(F)F)ccc21. The highest BCUT2D eigenvalue weighted by molar-refractivity contribution is 6.30. The van der Waals surface area contributed by atoms with Crippen molar-refractivity contribution in [3.63, 3.8) is 0 Å². The standard InChI is InChI=1S/C20H15ClF3N3O2/c1-2-27-11-16(19(29)26-25-10-12-3-6-14(21)7-4-12)18(28)15-9-13(20(22,23)24)5-8-17(15)27/h3-11H,2H2,1H3,(H,26,29). The molecule has 0 aliphatic rings. The molecule has 0 atom stereocenters. The van der Waals surface area contributed by atoms with Crippen molar-refractivity contribution in [2.45, 2.75) is 19.6 Å². The van der Waals surface area contributed by atoms with Crippen LogP contribution in [0.1, 0.15) is 28.4 Å². The smallest absolute Gasteiger partial charge is 0.347 e. The number of nitrogens with zero attached hydrogens (tertiary/aromatic N) is 2. The minimum absolute atomic E-state index is 0.184. The predicted molar refractivity (Wildman–Crippen MR) is 105 cm³/mol. The van der Waals surface area contributed by atoms with Gasteiger partial charge in [0.25, 0.3) is 5.91 Å². The quantitative estimate of drug-likeness (QED) is 0.499. The Hall–Kier alpha value is -3.13. The molecule has 1 heterocycles. The topological polar surface area (TPSA) is 63.5 Å². The molecule has 0 radical (unpaired) electrons. The Morgan fingerprint density at radius 2 is 1.90 bits per heavy atom. The number of hydrogen-bond donors (Lipinski definition) is 1. The molecule has 0 unspecified atom stereocenters. The fourth-order valence-electron chi connectivity index (χ4n) is 2.77. The predicted octanol–water partition coefficient (Wildman–Crippen LogP) is 4.46. The third kappa shape index (κ3) is 4.48. The maximum Gasteiger partial charge on any atom is 0.416 e. The van der Waals surface area contributed by atoms with Gasteiger partial charge in [-0.2, -0.15) is 18.3 Å². The molecule has 1 aromatic heterocycles. The van der Waals surface area contributed by atoms with Gasteiger partial charge < -0.3 is 4.57 Å². The molecule has 0 fully saturated rings. The van der Waals surface area contributed by atoms with E-state index in [1.807, 2.05) is 0 Å². The lowest BCUT2D eigenvalue weighted by molar-refractivity contribution is -0.137. The minimum atomic E-state index is -4.60. The number of hydrogen-bond acceptors (Lipinski definition) is 3. The first-order valence-electron chi connectivity index (χ1n) is 8.54. The molecule has 0 aliphatic heterocycles. The molecular weight excluding hydrogens is 407 g/mol. The number of aromatic nitrogens is 1. The summed E-state index contributed by atoms with van der Waals surface area (Å²) >= 11 is 5.79. The Kier molecular flexibility index (Phi) is 5.74. The number of pyridine rings is 1. The Labute approximate surface area is 168 Å². The van der Waals surface area contributed by atoms with Gasteiger partial charge >= 0.3 is 6.18 Å². The van der Waals surface area contributed by atoms with E-state index in [1.165, 1.54) is 23.0 Å². The van der Waals surface area contributed by atoms with E-state index in [2.05, 4.69) is 10.5 Å². The molecule has 5 nitrogen and oxygen atoms in total. The first-order chi connectivity index (χ1) is 13.7. The summed E-state index contributed by atoms with van der Waals surface area (Å²) in [5, 5.41) is 4.14. The number of alkyl halides is 3. The van der Waals surface area contributed by atoms with E-state index in [0.717, 1.165) is 12.1 Å². The van der Waals surface area contributed by atoms with E-state index in [-0.39, 0.29) is 10.9 Å². The summed E-state index contributed by atoms with van der Waals surface area (Å²) in [4.78, 5) is 25.1. The van der Waals surface area contributed by atoms with E-state index >= 15 is 0 Å². The van der Waals surface area contributed by atoms with Crippen LogP contribution < -0.4 is 10.9 Å². The third-order valence-electron chi connectivity index (χ3n) is 4.24. The number of benzene rings is 2. The van der Waals surface area contributed by atoms with Crippen LogP contribution in [0.15, 0.2) is 58.6 Å². The van der Waals surface area contributed by atoms with Gasteiger partial charge in [-0.25, -0.2) is 5.43 Å². The number of amides is 1. The molecule has 2 aromatic carbocycles. The van der Waals surface area contributed by atoms with Crippen molar-refractivity contribution < 1.29 is 18.0 Å². The van der Waals surface area contributed by atoms with Crippen molar-refractivity contribution in [3.05, 3.63) is 80.6 Å². The van der Waals surface area contributed by atoms with Gasteiger partial charge in [0.15, 0.2) is 0 Å². The molecule has 29 heavy (non-hydrogen) atoms. The molecule has 0 aliphatic carbocycles. The molecular formula is C20H15ClF3N3O2. The maximum absolute atomic E-state index is 13.0. The van der Waals surface area contributed by atoms with Crippen LogP contribution in [0.25, 0.3) is 10.9 Å². The highest BCUT2D eigenvalue weighted by Gasteiger charge is 2.31. The van der Waals surface area contributed by atoms with Crippen LogP contribution in [0.4, 0.5) is 13.2 Å². The first-order valence-corrected chi connectivity index (χ1v) is 8.92. The van der Waals surface area contributed by atoms with Crippen LogP contribution in [0.2, 0.25) is 5.02 Å².